The fourth-order valence-electron chi connectivity index (χ4n) is 1.26. The molecule has 0 aliphatic heterocycles. The van der Waals surface area contributed by atoms with Gasteiger partial charge in [-0.25, -0.2) is 0 Å². The zero-order chi connectivity index (χ0) is 10.1. The molecule has 5 heteroatoms. The molecule has 3 N–H and O–H groups in total. The number of nitrogens with one attached hydrogen (secondary N) is 3. The Bertz CT molecular complexity index is 92.3. The first-order chi connectivity index (χ1) is 6.28. The first-order valence-corrected chi connectivity index (χ1v) is 6.81. The molecule has 0 saturated heterocycles. The molecule has 0 aromatic rings. The monoisotopic (exact) mass is 204 g/mol. The standard InChI is InChI=1S/C8H24N4Si/c1-5-12(6-2)8-7-11-13(9-3)10-4/h9-11,13H,5-8H2,1-4H3. The fraction of sp³-hybridized carbons (Fsp3) is 1.00. The van der Waals surface area contributed by atoms with E-state index in [9.17, 15) is 0 Å². The lowest BCUT2D eigenvalue weighted by atomic mass is 10.5. The summed E-state index contributed by atoms with van der Waals surface area (Å²) in [4.78, 5) is 12.4. The van der Waals surface area contributed by atoms with E-state index in [1.165, 1.54) is 0 Å². The number of hydrogen-bond acceptors (Lipinski definition) is 4. The normalized spacial score (nSPS) is 11.5. The van der Waals surface area contributed by atoms with Crippen LogP contribution in [0.1, 0.15) is 13.8 Å². The first kappa shape index (κ1) is 13.1. The average molecular weight is 204 g/mol. The van der Waals surface area contributed by atoms with Crippen LogP contribution in [-0.4, -0.2) is 54.5 Å². The minimum atomic E-state index is -1.05. The minimum Gasteiger partial charge on any atom is -0.319 e. The second kappa shape index (κ2) is 8.65. The van der Waals surface area contributed by atoms with E-state index in [4.69, 9.17) is 0 Å². The SMILES string of the molecule is CCN(CC)CCN[SiH](NC)NC. The Morgan fingerprint density at radius 3 is 2.00 bits per heavy atom. The molecule has 0 heterocycles. The van der Waals surface area contributed by atoms with Gasteiger partial charge >= 0.3 is 0 Å². The molecule has 0 atom stereocenters. The molecular formula is C8H24N4Si. The van der Waals surface area contributed by atoms with Crippen LogP contribution in [0.25, 0.3) is 0 Å². The van der Waals surface area contributed by atoms with Crippen LogP contribution in [-0.2, 0) is 0 Å². The van der Waals surface area contributed by atoms with Crippen LogP contribution in [0.2, 0.25) is 0 Å². The molecule has 0 saturated carbocycles. The molecule has 0 bridgehead atoms. The van der Waals surface area contributed by atoms with Crippen LogP contribution in [0.15, 0.2) is 0 Å². The molecule has 13 heavy (non-hydrogen) atoms. The molecule has 0 fully saturated rings. The highest BCUT2D eigenvalue weighted by Gasteiger charge is 2.04. The molecule has 0 amide bonds. The maximum Gasteiger partial charge on any atom is 0.264 e. The highest BCUT2D eigenvalue weighted by Crippen LogP contribution is 1.83. The van der Waals surface area contributed by atoms with Crippen LogP contribution >= 0.6 is 0 Å². The van der Waals surface area contributed by atoms with Crippen molar-refractivity contribution in [1.82, 2.24) is 19.8 Å². The second-order valence-corrected chi connectivity index (χ2v) is 5.42. The zero-order valence-electron chi connectivity index (χ0n) is 9.35. The maximum absolute atomic E-state index is 3.49. The number of nitrogens with zero attached hydrogens (tertiary/aromatic N) is 1. The van der Waals surface area contributed by atoms with Crippen LogP contribution < -0.4 is 14.9 Å². The lowest BCUT2D eigenvalue weighted by molar-refractivity contribution is 0.308. The van der Waals surface area contributed by atoms with Crippen molar-refractivity contribution in [3.05, 3.63) is 0 Å². The summed E-state index contributed by atoms with van der Waals surface area (Å²) in [6, 6.07) is 0. The van der Waals surface area contributed by atoms with Crippen molar-refractivity contribution in [2.45, 2.75) is 13.8 Å². The first-order valence-electron chi connectivity index (χ1n) is 5.08. The summed E-state index contributed by atoms with van der Waals surface area (Å²) in [5.41, 5.74) is 0. The van der Waals surface area contributed by atoms with Gasteiger partial charge in [0, 0.05) is 13.1 Å². The Kier molecular flexibility index (Phi) is 8.68. The zero-order valence-corrected chi connectivity index (χ0v) is 10.5. The summed E-state index contributed by atoms with van der Waals surface area (Å²) in [6.45, 7) is 8.90. The molecular weight excluding hydrogens is 180 g/mol. The third kappa shape index (κ3) is 6.17. The molecule has 0 aromatic heterocycles. The predicted octanol–water partition coefficient (Wildman–Crippen LogP) is -0.926. The van der Waals surface area contributed by atoms with Crippen molar-refractivity contribution in [1.29, 1.82) is 0 Å². The summed E-state index contributed by atoms with van der Waals surface area (Å²) in [5.74, 6) is 0. The molecule has 0 spiro atoms. The predicted molar refractivity (Wildman–Crippen MR) is 61.1 cm³/mol. The largest absolute Gasteiger partial charge is 0.319 e. The van der Waals surface area contributed by atoms with E-state index >= 15 is 0 Å². The van der Waals surface area contributed by atoms with Gasteiger partial charge in [0.2, 0.25) is 0 Å². The van der Waals surface area contributed by atoms with Crippen molar-refractivity contribution in [3.8, 4) is 0 Å². The van der Waals surface area contributed by atoms with E-state index in [-0.39, 0.29) is 0 Å². The van der Waals surface area contributed by atoms with Crippen LogP contribution in [0.4, 0.5) is 0 Å². The highest BCUT2D eigenvalue weighted by molar-refractivity contribution is 6.50. The maximum atomic E-state index is 3.49. The molecule has 4 nitrogen and oxygen atoms in total. The van der Waals surface area contributed by atoms with E-state index in [1.54, 1.807) is 0 Å². The van der Waals surface area contributed by atoms with Crippen molar-refractivity contribution in [2.75, 3.05) is 40.3 Å². The Morgan fingerprint density at radius 2 is 1.62 bits per heavy atom. The Labute approximate surface area is 83.9 Å². The third-order valence-corrected chi connectivity index (χ3v) is 4.10. The summed E-state index contributed by atoms with van der Waals surface area (Å²) >= 11 is 0. The van der Waals surface area contributed by atoms with Gasteiger partial charge in [-0.3, -0.25) is 0 Å². The number of likely N-dealkylation sites (N-methyl/N-ethyl adjacent to an activating group) is 1. The van der Waals surface area contributed by atoms with E-state index in [1.807, 2.05) is 14.1 Å². The Morgan fingerprint density at radius 1 is 1.08 bits per heavy atom. The Hall–Kier alpha value is 0.0569. The number of rotatable bonds is 8. The molecule has 0 aliphatic rings. The summed E-state index contributed by atoms with van der Waals surface area (Å²) in [7, 11) is 2.95. The van der Waals surface area contributed by atoms with E-state index in [2.05, 4.69) is 33.7 Å². The summed E-state index contributed by atoms with van der Waals surface area (Å²) < 4.78 is 0. The topological polar surface area (TPSA) is 39.3 Å². The van der Waals surface area contributed by atoms with Crippen molar-refractivity contribution in [3.63, 3.8) is 0 Å². The van der Waals surface area contributed by atoms with Crippen molar-refractivity contribution < 1.29 is 0 Å². The van der Waals surface area contributed by atoms with Crippen LogP contribution in [0.5, 0.6) is 0 Å². The van der Waals surface area contributed by atoms with Crippen molar-refractivity contribution >= 4 is 9.28 Å². The van der Waals surface area contributed by atoms with E-state index < -0.39 is 9.28 Å². The molecule has 0 radical (unpaired) electrons. The molecule has 0 aromatic carbocycles. The van der Waals surface area contributed by atoms with Gasteiger partial charge in [-0.05, 0) is 27.2 Å². The average Bonchev–Trinajstić information content (AvgIpc) is 2.19. The smallest absolute Gasteiger partial charge is 0.264 e. The van der Waals surface area contributed by atoms with E-state index in [0.717, 1.165) is 26.2 Å². The van der Waals surface area contributed by atoms with Gasteiger partial charge in [0.15, 0.2) is 0 Å². The molecule has 0 unspecified atom stereocenters. The fourth-order valence-corrected chi connectivity index (χ4v) is 2.37. The van der Waals surface area contributed by atoms with Gasteiger partial charge in [0.05, 0.1) is 0 Å². The van der Waals surface area contributed by atoms with Gasteiger partial charge in [0.1, 0.15) is 0 Å². The highest BCUT2D eigenvalue weighted by atomic mass is 28.3. The van der Waals surface area contributed by atoms with Gasteiger partial charge in [-0.1, -0.05) is 13.8 Å². The number of hydrogen-bond donors (Lipinski definition) is 3. The van der Waals surface area contributed by atoms with E-state index in [0.29, 0.717) is 0 Å². The molecule has 0 rings (SSSR count). The van der Waals surface area contributed by atoms with Gasteiger partial charge in [-0.15, -0.1) is 0 Å². The van der Waals surface area contributed by atoms with Crippen molar-refractivity contribution in [2.24, 2.45) is 0 Å². The van der Waals surface area contributed by atoms with Gasteiger partial charge in [0.25, 0.3) is 9.28 Å². The third-order valence-electron chi connectivity index (χ3n) is 2.25. The van der Waals surface area contributed by atoms with Crippen LogP contribution in [0.3, 0.4) is 0 Å². The summed E-state index contributed by atoms with van der Waals surface area (Å²) in [6.07, 6.45) is 0. The van der Waals surface area contributed by atoms with Crippen LogP contribution in [0, 0.1) is 0 Å². The Balaban J connectivity index is 3.41. The molecule has 0 aliphatic carbocycles. The second-order valence-electron chi connectivity index (χ2n) is 2.99. The lowest BCUT2D eigenvalue weighted by Crippen LogP contribution is -2.56. The van der Waals surface area contributed by atoms with Gasteiger partial charge < -0.3 is 19.8 Å². The van der Waals surface area contributed by atoms with Gasteiger partial charge in [-0.2, -0.15) is 0 Å². The minimum absolute atomic E-state index is 1.05. The quantitative estimate of drug-likeness (QED) is 0.447. The molecule has 80 valence electrons. The summed E-state index contributed by atoms with van der Waals surface area (Å²) in [5, 5.41) is 0. The lowest BCUT2D eigenvalue weighted by Gasteiger charge is -2.20.